The van der Waals surface area contributed by atoms with Gasteiger partial charge in [-0.3, -0.25) is 4.79 Å². The highest BCUT2D eigenvalue weighted by atomic mass is 16.2. The molecule has 0 aromatic carbocycles. The minimum Gasteiger partial charge on any atom is -0.328 e. The summed E-state index contributed by atoms with van der Waals surface area (Å²) in [6, 6.07) is 1.61. The molecule has 2 rings (SSSR count). The van der Waals surface area contributed by atoms with E-state index in [0.29, 0.717) is 18.7 Å². The van der Waals surface area contributed by atoms with Crippen LogP contribution in [-0.2, 0) is 4.79 Å². The number of hydrogen-bond donors (Lipinski definition) is 1. The summed E-state index contributed by atoms with van der Waals surface area (Å²) >= 11 is 0. The third-order valence-electron chi connectivity index (χ3n) is 3.47. The lowest BCUT2D eigenvalue weighted by Crippen LogP contribution is -2.56. The quantitative estimate of drug-likeness (QED) is 0.834. The molecule has 0 saturated carbocycles. The van der Waals surface area contributed by atoms with Crippen molar-refractivity contribution in [2.45, 2.75) is 58.2 Å². The topological polar surface area (TPSA) is 72.1 Å². The molecule has 0 bridgehead atoms. The van der Waals surface area contributed by atoms with Gasteiger partial charge in [0.15, 0.2) is 0 Å². The minimum absolute atomic E-state index is 0.0776. The first-order valence-electron chi connectivity index (χ1n) is 6.68. The van der Waals surface area contributed by atoms with Gasteiger partial charge in [0.25, 0.3) is 0 Å². The Kier molecular flexibility index (Phi) is 3.58. The summed E-state index contributed by atoms with van der Waals surface area (Å²) in [7, 11) is 0. The van der Waals surface area contributed by atoms with E-state index in [4.69, 9.17) is 5.73 Å². The molecular formula is C14H22N4O. The fraction of sp³-hybridized carbons (Fsp3) is 0.643. The molecule has 5 nitrogen and oxygen atoms in total. The molecule has 5 heteroatoms. The van der Waals surface area contributed by atoms with Gasteiger partial charge in [-0.1, -0.05) is 0 Å². The van der Waals surface area contributed by atoms with E-state index in [9.17, 15) is 4.79 Å². The van der Waals surface area contributed by atoms with Crippen LogP contribution >= 0.6 is 0 Å². The lowest BCUT2D eigenvalue weighted by molar-refractivity contribution is -0.144. The minimum atomic E-state index is -0.265. The number of rotatable bonds is 1. The Hall–Kier alpha value is -1.49. The Morgan fingerprint density at radius 1 is 1.42 bits per heavy atom. The molecular weight excluding hydrogens is 240 g/mol. The second-order valence-electron chi connectivity index (χ2n) is 6.11. The van der Waals surface area contributed by atoms with Crippen molar-refractivity contribution in [3.8, 4) is 0 Å². The maximum atomic E-state index is 12.3. The second-order valence-corrected chi connectivity index (χ2v) is 6.11. The molecule has 1 aliphatic heterocycles. The van der Waals surface area contributed by atoms with Crippen molar-refractivity contribution >= 4 is 5.91 Å². The van der Waals surface area contributed by atoms with E-state index in [-0.39, 0.29) is 23.5 Å². The van der Waals surface area contributed by atoms with Gasteiger partial charge in [-0.2, -0.15) is 0 Å². The number of carbonyl (C=O) groups is 1. The van der Waals surface area contributed by atoms with E-state index in [1.54, 1.807) is 6.20 Å². The Labute approximate surface area is 114 Å². The van der Waals surface area contributed by atoms with Crippen LogP contribution in [0.1, 0.15) is 51.2 Å². The summed E-state index contributed by atoms with van der Waals surface area (Å²) in [5.41, 5.74) is 6.83. The van der Waals surface area contributed by atoms with Gasteiger partial charge in [-0.25, -0.2) is 9.97 Å². The van der Waals surface area contributed by atoms with Crippen molar-refractivity contribution in [1.82, 2.24) is 14.9 Å². The Morgan fingerprint density at radius 3 is 2.68 bits per heavy atom. The van der Waals surface area contributed by atoms with Crippen LogP contribution in [-0.4, -0.2) is 32.4 Å². The SMILES string of the molecule is Cc1nccc(C2C(N)CCC(=O)N2C(C)(C)C)n1. The summed E-state index contributed by atoms with van der Waals surface area (Å²) in [4.78, 5) is 22.7. The van der Waals surface area contributed by atoms with E-state index < -0.39 is 0 Å². The van der Waals surface area contributed by atoms with Crippen LogP contribution in [0.25, 0.3) is 0 Å². The molecule has 1 saturated heterocycles. The van der Waals surface area contributed by atoms with Crippen LogP contribution in [0.2, 0.25) is 0 Å². The summed E-state index contributed by atoms with van der Waals surface area (Å²) in [5, 5.41) is 0. The number of hydrogen-bond acceptors (Lipinski definition) is 4. The zero-order valence-electron chi connectivity index (χ0n) is 12.1. The van der Waals surface area contributed by atoms with Crippen LogP contribution < -0.4 is 5.73 Å². The third kappa shape index (κ3) is 2.76. The van der Waals surface area contributed by atoms with Crippen molar-refractivity contribution in [2.75, 3.05) is 0 Å². The molecule has 0 aliphatic carbocycles. The van der Waals surface area contributed by atoms with Gasteiger partial charge in [0.1, 0.15) is 5.82 Å². The number of nitrogens with two attached hydrogens (primary N) is 1. The maximum Gasteiger partial charge on any atom is 0.223 e. The van der Waals surface area contributed by atoms with E-state index in [1.807, 2.05) is 38.7 Å². The van der Waals surface area contributed by atoms with Crippen molar-refractivity contribution in [2.24, 2.45) is 5.73 Å². The molecule has 19 heavy (non-hydrogen) atoms. The predicted octanol–water partition coefficient (Wildman–Crippen LogP) is 1.57. The molecule has 2 atom stereocenters. The molecule has 104 valence electrons. The molecule has 1 aliphatic rings. The van der Waals surface area contributed by atoms with E-state index >= 15 is 0 Å². The smallest absolute Gasteiger partial charge is 0.223 e. The summed E-state index contributed by atoms with van der Waals surface area (Å²) in [6.07, 6.45) is 2.95. The lowest BCUT2D eigenvalue weighted by atomic mass is 9.89. The molecule has 0 radical (unpaired) electrons. The number of amides is 1. The third-order valence-corrected chi connectivity index (χ3v) is 3.47. The molecule has 1 fully saturated rings. The van der Waals surface area contributed by atoms with Gasteiger partial charge in [-0.05, 0) is 40.2 Å². The first-order valence-corrected chi connectivity index (χ1v) is 6.68. The highest BCUT2D eigenvalue weighted by Gasteiger charge is 2.41. The Morgan fingerprint density at radius 2 is 2.11 bits per heavy atom. The monoisotopic (exact) mass is 262 g/mol. The summed E-state index contributed by atoms with van der Waals surface area (Å²) in [6.45, 7) is 7.94. The standard InChI is InChI=1S/C14H22N4O/c1-9-16-8-7-11(17-9)13-10(15)5-6-12(19)18(13)14(2,3)4/h7-8,10,13H,5-6,15H2,1-4H3. The molecule has 2 heterocycles. The van der Waals surface area contributed by atoms with E-state index in [1.165, 1.54) is 0 Å². The number of aromatic nitrogens is 2. The molecule has 1 amide bonds. The number of nitrogens with zero attached hydrogens (tertiary/aromatic N) is 3. The molecule has 2 unspecified atom stereocenters. The van der Waals surface area contributed by atoms with Crippen LogP contribution in [0.4, 0.5) is 0 Å². The first kappa shape index (κ1) is 13.9. The summed E-state index contributed by atoms with van der Waals surface area (Å²) in [5.74, 6) is 0.854. The average molecular weight is 262 g/mol. The van der Waals surface area contributed by atoms with Gasteiger partial charge >= 0.3 is 0 Å². The van der Waals surface area contributed by atoms with Crippen LogP contribution in [0.15, 0.2) is 12.3 Å². The van der Waals surface area contributed by atoms with E-state index in [2.05, 4.69) is 9.97 Å². The highest BCUT2D eigenvalue weighted by molar-refractivity contribution is 5.78. The summed E-state index contributed by atoms with van der Waals surface area (Å²) < 4.78 is 0. The van der Waals surface area contributed by atoms with Crippen molar-refractivity contribution in [3.63, 3.8) is 0 Å². The molecule has 1 aromatic rings. The van der Waals surface area contributed by atoms with Crippen molar-refractivity contribution in [3.05, 3.63) is 23.8 Å². The van der Waals surface area contributed by atoms with Crippen molar-refractivity contribution < 1.29 is 4.79 Å². The van der Waals surface area contributed by atoms with Crippen molar-refractivity contribution in [1.29, 1.82) is 0 Å². The van der Waals surface area contributed by atoms with Gasteiger partial charge in [0.2, 0.25) is 5.91 Å². The first-order chi connectivity index (χ1) is 8.80. The fourth-order valence-corrected chi connectivity index (χ4v) is 2.70. The molecule has 1 aromatic heterocycles. The largest absolute Gasteiger partial charge is 0.328 e. The van der Waals surface area contributed by atoms with Gasteiger partial charge in [0.05, 0.1) is 11.7 Å². The van der Waals surface area contributed by atoms with Gasteiger partial charge in [0, 0.05) is 24.2 Å². The average Bonchev–Trinajstić information content (AvgIpc) is 2.30. The number of carbonyl (C=O) groups excluding carboxylic acids is 1. The number of likely N-dealkylation sites (tertiary alicyclic amines) is 1. The number of aryl methyl sites for hydroxylation is 1. The van der Waals surface area contributed by atoms with E-state index in [0.717, 1.165) is 5.69 Å². The Balaban J connectivity index is 2.45. The van der Waals surface area contributed by atoms with Gasteiger partial charge < -0.3 is 10.6 Å². The normalized spacial score (nSPS) is 24.7. The van der Waals surface area contributed by atoms with Gasteiger partial charge in [-0.15, -0.1) is 0 Å². The zero-order valence-corrected chi connectivity index (χ0v) is 12.1. The second kappa shape index (κ2) is 4.89. The zero-order chi connectivity index (χ0) is 14.2. The fourth-order valence-electron chi connectivity index (χ4n) is 2.70. The lowest BCUT2D eigenvalue weighted by Gasteiger charge is -2.46. The molecule has 0 spiro atoms. The predicted molar refractivity (Wildman–Crippen MR) is 73.3 cm³/mol. The Bertz CT molecular complexity index is 481. The van der Waals surface area contributed by atoms with Crippen LogP contribution in [0.5, 0.6) is 0 Å². The van der Waals surface area contributed by atoms with Crippen LogP contribution in [0.3, 0.4) is 0 Å². The molecule has 2 N–H and O–H groups in total. The number of piperidine rings is 1. The van der Waals surface area contributed by atoms with Crippen LogP contribution in [0, 0.1) is 6.92 Å². The highest BCUT2D eigenvalue weighted by Crippen LogP contribution is 2.35. The maximum absolute atomic E-state index is 12.3.